The highest BCUT2D eigenvalue weighted by atomic mass is 32.2. The van der Waals surface area contributed by atoms with Crippen LogP contribution in [0.4, 0.5) is 5.69 Å². The molecule has 2 aromatic rings. The Morgan fingerprint density at radius 3 is 2.38 bits per heavy atom. The second-order valence-corrected chi connectivity index (χ2v) is 6.79. The SMILES string of the molecule is CC(=O)NCCC(=O)Nc1ccc(Sc2ccc(C)cc2C)cc1. The Balaban J connectivity index is 1.90. The second kappa shape index (κ2) is 8.55. The van der Waals surface area contributed by atoms with Crippen molar-refractivity contribution in [3.63, 3.8) is 0 Å². The van der Waals surface area contributed by atoms with E-state index in [0.717, 1.165) is 10.6 Å². The Labute approximate surface area is 147 Å². The Bertz CT molecular complexity index is 727. The number of amides is 2. The van der Waals surface area contributed by atoms with E-state index in [-0.39, 0.29) is 18.2 Å². The molecule has 0 bridgehead atoms. The van der Waals surface area contributed by atoms with Crippen LogP contribution in [0.15, 0.2) is 52.3 Å². The van der Waals surface area contributed by atoms with Crippen LogP contribution < -0.4 is 10.6 Å². The van der Waals surface area contributed by atoms with Crippen molar-refractivity contribution in [2.75, 3.05) is 11.9 Å². The van der Waals surface area contributed by atoms with Gasteiger partial charge in [-0.3, -0.25) is 9.59 Å². The number of carbonyl (C=O) groups excluding carboxylic acids is 2. The summed E-state index contributed by atoms with van der Waals surface area (Å²) in [6, 6.07) is 14.2. The van der Waals surface area contributed by atoms with Gasteiger partial charge in [0.15, 0.2) is 0 Å². The molecule has 5 heteroatoms. The molecular weight excluding hydrogens is 320 g/mol. The van der Waals surface area contributed by atoms with Crippen LogP contribution >= 0.6 is 11.8 Å². The first-order chi connectivity index (χ1) is 11.4. The smallest absolute Gasteiger partial charge is 0.226 e. The van der Waals surface area contributed by atoms with Crippen molar-refractivity contribution in [2.45, 2.75) is 37.0 Å². The molecule has 2 amide bonds. The third-order valence-electron chi connectivity index (χ3n) is 3.42. The molecular formula is C19H22N2O2S. The van der Waals surface area contributed by atoms with Crippen LogP contribution in [-0.4, -0.2) is 18.4 Å². The average molecular weight is 342 g/mol. The van der Waals surface area contributed by atoms with Crippen LogP contribution in [0.5, 0.6) is 0 Å². The lowest BCUT2D eigenvalue weighted by Gasteiger charge is -2.09. The van der Waals surface area contributed by atoms with Gasteiger partial charge in [0, 0.05) is 35.4 Å². The summed E-state index contributed by atoms with van der Waals surface area (Å²) < 4.78 is 0. The number of nitrogens with one attached hydrogen (secondary N) is 2. The van der Waals surface area contributed by atoms with E-state index in [9.17, 15) is 9.59 Å². The molecule has 0 atom stereocenters. The fraction of sp³-hybridized carbons (Fsp3) is 0.263. The van der Waals surface area contributed by atoms with Gasteiger partial charge in [0.2, 0.25) is 11.8 Å². The molecule has 0 aliphatic rings. The number of anilines is 1. The van der Waals surface area contributed by atoms with Crippen molar-refractivity contribution in [1.82, 2.24) is 5.32 Å². The quantitative estimate of drug-likeness (QED) is 0.836. The van der Waals surface area contributed by atoms with Gasteiger partial charge in [-0.15, -0.1) is 0 Å². The first kappa shape index (κ1) is 18.1. The topological polar surface area (TPSA) is 58.2 Å². The lowest BCUT2D eigenvalue weighted by atomic mass is 10.2. The highest BCUT2D eigenvalue weighted by molar-refractivity contribution is 7.99. The fourth-order valence-electron chi connectivity index (χ4n) is 2.22. The van der Waals surface area contributed by atoms with Crippen LogP contribution in [-0.2, 0) is 9.59 Å². The predicted molar refractivity (Wildman–Crippen MR) is 98.4 cm³/mol. The number of aryl methyl sites for hydroxylation is 2. The molecule has 2 rings (SSSR count). The van der Waals surface area contributed by atoms with Gasteiger partial charge in [-0.1, -0.05) is 29.5 Å². The third kappa shape index (κ3) is 5.74. The summed E-state index contributed by atoms with van der Waals surface area (Å²) >= 11 is 1.71. The number of carbonyl (C=O) groups is 2. The van der Waals surface area contributed by atoms with Gasteiger partial charge in [-0.2, -0.15) is 0 Å². The van der Waals surface area contributed by atoms with Gasteiger partial charge in [0.05, 0.1) is 0 Å². The number of hydrogen-bond acceptors (Lipinski definition) is 3. The minimum absolute atomic E-state index is 0.112. The fourth-order valence-corrected chi connectivity index (χ4v) is 3.10. The van der Waals surface area contributed by atoms with Crippen LogP contribution in [0.2, 0.25) is 0 Å². The highest BCUT2D eigenvalue weighted by Gasteiger charge is 2.05. The molecule has 0 spiro atoms. The Morgan fingerprint density at radius 1 is 1.04 bits per heavy atom. The maximum absolute atomic E-state index is 11.8. The van der Waals surface area contributed by atoms with Gasteiger partial charge in [-0.05, 0) is 49.7 Å². The molecule has 0 saturated carbocycles. The third-order valence-corrected chi connectivity index (χ3v) is 4.61. The molecule has 126 valence electrons. The normalized spacial score (nSPS) is 10.3. The zero-order valence-corrected chi connectivity index (χ0v) is 15.0. The molecule has 2 aromatic carbocycles. The zero-order valence-electron chi connectivity index (χ0n) is 14.2. The lowest BCUT2D eigenvalue weighted by molar-refractivity contribution is -0.119. The maximum Gasteiger partial charge on any atom is 0.226 e. The van der Waals surface area contributed by atoms with E-state index < -0.39 is 0 Å². The Kier molecular flexibility index (Phi) is 6.44. The highest BCUT2D eigenvalue weighted by Crippen LogP contribution is 2.31. The number of rotatable bonds is 6. The van der Waals surface area contributed by atoms with E-state index in [1.807, 2.05) is 24.3 Å². The molecule has 0 unspecified atom stereocenters. The first-order valence-corrected chi connectivity index (χ1v) is 8.65. The molecule has 0 radical (unpaired) electrons. The number of benzene rings is 2. The lowest BCUT2D eigenvalue weighted by Crippen LogP contribution is -2.25. The minimum atomic E-state index is -0.129. The van der Waals surface area contributed by atoms with Gasteiger partial charge < -0.3 is 10.6 Å². The summed E-state index contributed by atoms with van der Waals surface area (Å²) in [6.07, 6.45) is 0.263. The zero-order chi connectivity index (χ0) is 17.5. The largest absolute Gasteiger partial charge is 0.356 e. The van der Waals surface area contributed by atoms with E-state index in [1.54, 1.807) is 11.8 Å². The van der Waals surface area contributed by atoms with E-state index in [2.05, 4.69) is 42.7 Å². The van der Waals surface area contributed by atoms with Crippen LogP contribution in [0.25, 0.3) is 0 Å². The Hall–Kier alpha value is -2.27. The van der Waals surface area contributed by atoms with Gasteiger partial charge in [0.1, 0.15) is 0 Å². The summed E-state index contributed by atoms with van der Waals surface area (Å²) in [5.74, 6) is -0.242. The van der Waals surface area contributed by atoms with Gasteiger partial charge in [-0.25, -0.2) is 0 Å². The summed E-state index contributed by atoms with van der Waals surface area (Å²) in [5, 5.41) is 5.43. The van der Waals surface area contributed by atoms with Crippen LogP contribution in [0.3, 0.4) is 0 Å². The molecule has 24 heavy (non-hydrogen) atoms. The van der Waals surface area contributed by atoms with E-state index in [4.69, 9.17) is 0 Å². The molecule has 0 heterocycles. The van der Waals surface area contributed by atoms with Crippen molar-refractivity contribution in [3.8, 4) is 0 Å². The van der Waals surface area contributed by atoms with Gasteiger partial charge in [0.25, 0.3) is 0 Å². The molecule has 0 fully saturated rings. The van der Waals surface area contributed by atoms with Crippen LogP contribution in [0, 0.1) is 13.8 Å². The molecule has 0 aliphatic carbocycles. The predicted octanol–water partition coefficient (Wildman–Crippen LogP) is 3.92. The summed E-state index contributed by atoms with van der Waals surface area (Å²) in [4.78, 5) is 24.9. The van der Waals surface area contributed by atoms with E-state index >= 15 is 0 Å². The maximum atomic E-state index is 11.8. The van der Waals surface area contributed by atoms with Crippen LogP contribution in [0.1, 0.15) is 24.5 Å². The Morgan fingerprint density at radius 2 is 1.75 bits per heavy atom. The summed E-state index contributed by atoms with van der Waals surface area (Å²) in [5.41, 5.74) is 3.28. The van der Waals surface area contributed by atoms with E-state index in [1.165, 1.54) is 22.9 Å². The summed E-state index contributed by atoms with van der Waals surface area (Å²) in [6.45, 7) is 5.98. The molecule has 0 saturated heterocycles. The van der Waals surface area contributed by atoms with Gasteiger partial charge >= 0.3 is 0 Å². The van der Waals surface area contributed by atoms with Crippen molar-refractivity contribution in [1.29, 1.82) is 0 Å². The van der Waals surface area contributed by atoms with Crippen molar-refractivity contribution in [2.24, 2.45) is 0 Å². The standard InChI is InChI=1S/C19H22N2O2S/c1-13-4-9-18(14(2)12-13)24-17-7-5-16(6-8-17)21-19(23)10-11-20-15(3)22/h4-9,12H,10-11H2,1-3H3,(H,20,22)(H,21,23). The molecule has 0 aromatic heterocycles. The van der Waals surface area contributed by atoms with Crippen molar-refractivity contribution >= 4 is 29.3 Å². The second-order valence-electron chi connectivity index (χ2n) is 5.68. The summed E-state index contributed by atoms with van der Waals surface area (Å²) in [7, 11) is 0. The minimum Gasteiger partial charge on any atom is -0.356 e. The molecule has 0 aliphatic heterocycles. The first-order valence-electron chi connectivity index (χ1n) is 7.83. The van der Waals surface area contributed by atoms with Crippen molar-refractivity contribution < 1.29 is 9.59 Å². The molecule has 4 nitrogen and oxygen atoms in total. The monoisotopic (exact) mass is 342 g/mol. The number of hydrogen-bond donors (Lipinski definition) is 2. The average Bonchev–Trinajstić information content (AvgIpc) is 2.51. The molecule has 2 N–H and O–H groups in total. The van der Waals surface area contributed by atoms with E-state index in [0.29, 0.717) is 6.54 Å². The van der Waals surface area contributed by atoms with Crippen molar-refractivity contribution in [3.05, 3.63) is 53.6 Å².